The van der Waals surface area contributed by atoms with Gasteiger partial charge in [0.05, 0.1) is 5.56 Å². The summed E-state index contributed by atoms with van der Waals surface area (Å²) in [5.74, 6) is -1.11. The second kappa shape index (κ2) is 14.9. The summed E-state index contributed by atoms with van der Waals surface area (Å²) in [4.78, 5) is 35.0. The third-order valence-electron chi connectivity index (χ3n) is 5.64. The minimum absolute atomic E-state index is 0.0279. The Morgan fingerprint density at radius 2 is 1.31 bits per heavy atom. The van der Waals surface area contributed by atoms with Crippen LogP contribution in [0.3, 0.4) is 0 Å². The zero-order chi connectivity index (χ0) is 21.5. The van der Waals surface area contributed by atoms with Gasteiger partial charge < -0.3 is 5.11 Å². The molecule has 0 heterocycles. The van der Waals surface area contributed by atoms with Crippen LogP contribution in [0.4, 0.5) is 0 Å². The van der Waals surface area contributed by atoms with Crippen LogP contribution in [0.1, 0.15) is 133 Å². The average molecular weight is 403 g/mol. The van der Waals surface area contributed by atoms with Crippen molar-refractivity contribution in [2.24, 2.45) is 0 Å². The Balaban J connectivity index is 2.99. The minimum atomic E-state index is -1.11. The number of aldehydes is 2. The average Bonchev–Trinajstić information content (AvgIpc) is 2.72. The summed E-state index contributed by atoms with van der Waals surface area (Å²) in [6, 6.07) is 1.75. The van der Waals surface area contributed by atoms with E-state index in [0.717, 1.165) is 49.7 Å². The zero-order valence-corrected chi connectivity index (χ0v) is 18.3. The van der Waals surface area contributed by atoms with E-state index in [1.54, 1.807) is 6.07 Å². The first kappa shape index (κ1) is 25.1. The molecule has 1 N–H and O–H groups in total. The number of aromatic carboxylic acids is 1. The first-order chi connectivity index (χ1) is 14.1. The highest BCUT2D eigenvalue weighted by Gasteiger charge is 2.22. The summed E-state index contributed by atoms with van der Waals surface area (Å²) in [6.07, 6.45) is 16.2. The zero-order valence-electron chi connectivity index (χ0n) is 18.3. The van der Waals surface area contributed by atoms with E-state index in [2.05, 4.69) is 13.8 Å². The van der Waals surface area contributed by atoms with E-state index in [0.29, 0.717) is 19.0 Å². The molecular weight excluding hydrogens is 364 g/mol. The van der Waals surface area contributed by atoms with Gasteiger partial charge in [-0.25, -0.2) is 4.79 Å². The Hall–Kier alpha value is -1.97. The fourth-order valence-corrected chi connectivity index (χ4v) is 3.98. The second-order valence-electron chi connectivity index (χ2n) is 7.97. The smallest absolute Gasteiger partial charge is 0.336 e. The third-order valence-corrected chi connectivity index (χ3v) is 5.64. The van der Waals surface area contributed by atoms with E-state index in [-0.39, 0.29) is 16.7 Å². The van der Waals surface area contributed by atoms with Gasteiger partial charge in [-0.05, 0) is 42.9 Å². The van der Waals surface area contributed by atoms with Gasteiger partial charge in [0, 0.05) is 11.1 Å². The van der Waals surface area contributed by atoms with Crippen LogP contribution >= 0.6 is 0 Å². The van der Waals surface area contributed by atoms with Gasteiger partial charge in [0.15, 0.2) is 12.6 Å². The molecule has 0 unspecified atom stereocenters. The summed E-state index contributed by atoms with van der Waals surface area (Å²) in [5, 5.41) is 9.79. The van der Waals surface area contributed by atoms with Crippen LogP contribution in [0.5, 0.6) is 0 Å². The molecule has 0 spiro atoms. The summed E-state index contributed by atoms with van der Waals surface area (Å²) in [5.41, 5.74) is 1.96. The van der Waals surface area contributed by atoms with Crippen molar-refractivity contribution in [1.82, 2.24) is 0 Å². The quantitative estimate of drug-likeness (QED) is 0.229. The minimum Gasteiger partial charge on any atom is -0.478 e. The molecular formula is C25H38O4. The van der Waals surface area contributed by atoms with E-state index in [9.17, 15) is 19.5 Å². The van der Waals surface area contributed by atoms with Gasteiger partial charge in [0.2, 0.25) is 0 Å². The Labute approximate surface area is 176 Å². The van der Waals surface area contributed by atoms with E-state index in [1.165, 1.54) is 44.9 Å². The Morgan fingerprint density at radius 3 is 1.79 bits per heavy atom. The Morgan fingerprint density at radius 1 is 0.793 bits per heavy atom. The number of unbranched alkanes of at least 4 members (excludes halogenated alkanes) is 10. The van der Waals surface area contributed by atoms with Crippen LogP contribution in [-0.2, 0) is 12.8 Å². The van der Waals surface area contributed by atoms with Crippen molar-refractivity contribution >= 4 is 18.5 Å². The molecule has 162 valence electrons. The van der Waals surface area contributed by atoms with Crippen LogP contribution in [-0.4, -0.2) is 23.6 Å². The lowest BCUT2D eigenvalue weighted by molar-refractivity contribution is 0.0692. The largest absolute Gasteiger partial charge is 0.478 e. The first-order valence-corrected chi connectivity index (χ1v) is 11.4. The number of carboxylic acid groups (broad SMARTS) is 1. The second-order valence-corrected chi connectivity index (χ2v) is 7.97. The fourth-order valence-electron chi connectivity index (χ4n) is 3.98. The van der Waals surface area contributed by atoms with Crippen molar-refractivity contribution in [2.45, 2.75) is 104 Å². The Kier molecular flexibility index (Phi) is 12.9. The summed E-state index contributed by atoms with van der Waals surface area (Å²) < 4.78 is 0. The van der Waals surface area contributed by atoms with Gasteiger partial charge in [-0.2, -0.15) is 0 Å². The first-order valence-electron chi connectivity index (χ1n) is 11.4. The van der Waals surface area contributed by atoms with Crippen LogP contribution < -0.4 is 0 Å². The maximum atomic E-state index is 12.0. The van der Waals surface area contributed by atoms with Crippen LogP contribution in [0.25, 0.3) is 0 Å². The molecule has 0 bridgehead atoms. The van der Waals surface area contributed by atoms with Crippen molar-refractivity contribution in [2.75, 3.05) is 0 Å². The number of hydrogen-bond acceptors (Lipinski definition) is 3. The highest BCUT2D eigenvalue weighted by molar-refractivity contribution is 6.04. The molecule has 0 aliphatic heterocycles. The van der Waals surface area contributed by atoms with Gasteiger partial charge in [-0.3, -0.25) is 9.59 Å². The molecule has 1 aromatic rings. The molecule has 0 aliphatic carbocycles. The van der Waals surface area contributed by atoms with E-state index in [4.69, 9.17) is 0 Å². The van der Waals surface area contributed by atoms with Gasteiger partial charge in [0.1, 0.15) is 0 Å². The molecule has 0 aromatic heterocycles. The van der Waals surface area contributed by atoms with E-state index >= 15 is 0 Å². The molecule has 0 radical (unpaired) electrons. The van der Waals surface area contributed by atoms with Crippen molar-refractivity contribution in [1.29, 1.82) is 0 Å². The van der Waals surface area contributed by atoms with E-state index in [1.807, 2.05) is 0 Å². The lowest BCUT2D eigenvalue weighted by Gasteiger charge is -2.16. The molecule has 1 aromatic carbocycles. The van der Waals surface area contributed by atoms with E-state index < -0.39 is 5.97 Å². The topological polar surface area (TPSA) is 71.4 Å². The molecule has 0 saturated heterocycles. The maximum Gasteiger partial charge on any atom is 0.336 e. The van der Waals surface area contributed by atoms with Crippen molar-refractivity contribution in [3.63, 3.8) is 0 Å². The maximum absolute atomic E-state index is 12.0. The number of carbonyl (C=O) groups is 3. The van der Waals surface area contributed by atoms with Crippen LogP contribution in [0.15, 0.2) is 6.07 Å². The van der Waals surface area contributed by atoms with Gasteiger partial charge in [-0.1, -0.05) is 78.1 Å². The van der Waals surface area contributed by atoms with Gasteiger partial charge >= 0.3 is 5.97 Å². The monoisotopic (exact) mass is 402 g/mol. The van der Waals surface area contributed by atoms with Crippen molar-refractivity contribution < 1.29 is 19.5 Å². The molecule has 0 aliphatic rings. The molecule has 0 atom stereocenters. The molecule has 0 saturated carbocycles. The fraction of sp³-hybridized carbons (Fsp3) is 0.640. The third kappa shape index (κ3) is 8.51. The summed E-state index contributed by atoms with van der Waals surface area (Å²) >= 11 is 0. The normalized spacial score (nSPS) is 10.8. The summed E-state index contributed by atoms with van der Waals surface area (Å²) in [6.45, 7) is 4.38. The summed E-state index contributed by atoms with van der Waals surface area (Å²) in [7, 11) is 0. The number of aryl methyl sites for hydroxylation is 1. The number of carboxylic acids is 1. The molecule has 0 amide bonds. The van der Waals surface area contributed by atoms with Crippen molar-refractivity contribution in [3.8, 4) is 0 Å². The standard InChI is InChI=1S/C25H38O4/c1-3-5-7-9-11-13-15-20-17-21(18-26)23(19-27)24(25(28)29)22(20)16-14-12-10-8-6-4-2/h17-19H,3-16H2,1-2H3,(H,28,29). The predicted octanol–water partition coefficient (Wildman–Crippen LogP) is 6.82. The van der Waals surface area contributed by atoms with Crippen LogP contribution in [0.2, 0.25) is 0 Å². The SMILES string of the molecule is CCCCCCCCc1cc(C=O)c(C=O)c(C(=O)O)c1CCCCCCCC. The molecule has 4 heteroatoms. The number of rotatable bonds is 17. The predicted molar refractivity (Wildman–Crippen MR) is 118 cm³/mol. The number of carbonyl (C=O) groups excluding carboxylic acids is 2. The van der Waals surface area contributed by atoms with Crippen LogP contribution in [0, 0.1) is 0 Å². The lowest BCUT2D eigenvalue weighted by Crippen LogP contribution is -2.13. The molecule has 4 nitrogen and oxygen atoms in total. The van der Waals surface area contributed by atoms with Crippen molar-refractivity contribution in [3.05, 3.63) is 33.9 Å². The highest BCUT2D eigenvalue weighted by atomic mass is 16.4. The molecule has 1 rings (SSSR count). The molecule has 0 fully saturated rings. The Bertz CT molecular complexity index is 649. The van der Waals surface area contributed by atoms with Gasteiger partial charge in [-0.15, -0.1) is 0 Å². The molecule has 29 heavy (non-hydrogen) atoms. The van der Waals surface area contributed by atoms with Gasteiger partial charge in [0.25, 0.3) is 0 Å². The highest BCUT2D eigenvalue weighted by Crippen LogP contribution is 2.26. The number of hydrogen-bond donors (Lipinski definition) is 1. The number of benzene rings is 1. The lowest BCUT2D eigenvalue weighted by atomic mass is 9.87.